The van der Waals surface area contributed by atoms with E-state index in [0.717, 1.165) is 27.5 Å². The molecule has 3 aromatic carbocycles. The number of hydrogen-bond donors (Lipinski definition) is 0. The number of aryl methyl sites for hydroxylation is 3. The number of hydrogen-bond acceptors (Lipinski definition) is 1. The van der Waals surface area contributed by atoms with E-state index in [0.29, 0.717) is 28.1 Å². The average molecular weight is 410 g/mol. The van der Waals surface area contributed by atoms with Crippen LogP contribution >= 0.6 is 0 Å². The van der Waals surface area contributed by atoms with E-state index in [4.69, 9.17) is 15.1 Å². The second-order valence-corrected chi connectivity index (χ2v) is 7.58. The molecule has 31 heavy (non-hydrogen) atoms. The van der Waals surface area contributed by atoms with Gasteiger partial charge in [0.2, 0.25) is 11.4 Å². The van der Waals surface area contributed by atoms with E-state index in [1.54, 1.807) is 11.6 Å². The van der Waals surface area contributed by atoms with Crippen molar-refractivity contribution < 1.29 is 17.5 Å². The van der Waals surface area contributed by atoms with E-state index in [-0.39, 0.29) is 5.56 Å². The normalized spacial score (nSPS) is 13.0. The first-order chi connectivity index (χ1) is 16.2. The first kappa shape index (κ1) is 15.8. The van der Waals surface area contributed by atoms with Gasteiger partial charge in [-0.1, -0.05) is 54.6 Å². The van der Waals surface area contributed by atoms with Crippen LogP contribution < -0.4 is 4.57 Å². The first-order valence-corrected chi connectivity index (χ1v) is 9.82. The Kier molecular flexibility index (Phi) is 3.61. The molecule has 3 nitrogen and oxygen atoms in total. The Bertz CT molecular complexity index is 1630. The molecule has 0 radical (unpaired) electrons. The molecule has 0 saturated carbocycles. The number of halogens is 1. The fourth-order valence-electron chi connectivity index (χ4n) is 4.14. The molecule has 0 aliphatic rings. The van der Waals surface area contributed by atoms with Crippen molar-refractivity contribution >= 4 is 27.6 Å². The van der Waals surface area contributed by atoms with Crippen LogP contribution in [0.1, 0.15) is 15.2 Å². The average Bonchev–Trinajstić information content (AvgIpc) is 3.18. The predicted octanol–water partition coefficient (Wildman–Crippen LogP) is 7.05. The molecule has 0 fully saturated rings. The molecule has 5 rings (SSSR count). The van der Waals surface area contributed by atoms with Crippen molar-refractivity contribution in [1.82, 2.24) is 0 Å². The zero-order valence-electron chi connectivity index (χ0n) is 20.0. The van der Waals surface area contributed by atoms with Crippen LogP contribution in [0.25, 0.3) is 49.2 Å². The Morgan fingerprint density at radius 3 is 2.48 bits per heavy atom. The third-order valence-electron chi connectivity index (χ3n) is 5.67. The van der Waals surface area contributed by atoms with E-state index in [1.165, 1.54) is 12.3 Å². The molecule has 0 atom stereocenters. The highest BCUT2D eigenvalue weighted by atomic mass is 19.1. The zero-order valence-corrected chi connectivity index (χ0v) is 17.0. The van der Waals surface area contributed by atoms with E-state index in [2.05, 4.69) is 4.85 Å². The summed E-state index contributed by atoms with van der Waals surface area (Å²) in [7, 11) is 1.68. The SMILES string of the molecule is [2H]C([2H])([2H])c1c[n+](C)c(-c2c(C)ccc3c2oc2c([N+]#[C-])c(-c4ccccc4)ccc23)cc1F. The Labute approximate surface area is 184 Å². The van der Waals surface area contributed by atoms with Crippen molar-refractivity contribution in [2.45, 2.75) is 13.8 Å². The fourth-order valence-corrected chi connectivity index (χ4v) is 4.14. The van der Waals surface area contributed by atoms with Crippen molar-refractivity contribution in [2.75, 3.05) is 0 Å². The smallest absolute Gasteiger partial charge is 0.237 e. The van der Waals surface area contributed by atoms with Crippen LogP contribution in [0.2, 0.25) is 0 Å². The minimum absolute atomic E-state index is 0.337. The lowest BCUT2D eigenvalue weighted by Crippen LogP contribution is -2.31. The summed E-state index contributed by atoms with van der Waals surface area (Å²) in [6.07, 6.45) is 1.30. The topological polar surface area (TPSA) is 21.4 Å². The molecule has 0 unspecified atom stereocenters. The number of rotatable bonds is 2. The van der Waals surface area contributed by atoms with Crippen molar-refractivity contribution in [3.63, 3.8) is 0 Å². The molecule has 0 bridgehead atoms. The Hall–Kier alpha value is -3.97. The molecule has 150 valence electrons. The second kappa shape index (κ2) is 7.07. The maximum Gasteiger partial charge on any atom is 0.237 e. The lowest BCUT2D eigenvalue weighted by atomic mass is 9.98. The standard InChI is InChI=1S/C27H20FN2O/c1-16-10-11-20-21-13-12-19(18-8-6-5-7-9-18)25(29-3)27(21)31-26(20)24(16)23-14-22(28)17(2)15-30(23)4/h5-15H,1-2,4H3/q+1/i2D3. The number of aromatic nitrogens is 1. The monoisotopic (exact) mass is 410 g/mol. The van der Waals surface area contributed by atoms with Crippen LogP contribution in [0.15, 0.2) is 71.3 Å². The lowest BCUT2D eigenvalue weighted by molar-refractivity contribution is -0.661. The maximum atomic E-state index is 14.9. The summed E-state index contributed by atoms with van der Waals surface area (Å²) in [5.41, 5.74) is 4.76. The first-order valence-electron chi connectivity index (χ1n) is 11.3. The molecule has 0 N–H and O–H groups in total. The molecule has 0 aliphatic carbocycles. The van der Waals surface area contributed by atoms with E-state index in [9.17, 15) is 4.39 Å². The molecule has 4 heteroatoms. The van der Waals surface area contributed by atoms with Gasteiger partial charge < -0.3 is 4.42 Å². The highest BCUT2D eigenvalue weighted by Gasteiger charge is 2.24. The third kappa shape index (κ3) is 2.90. The van der Waals surface area contributed by atoms with Crippen LogP contribution in [-0.2, 0) is 7.05 Å². The molecule has 0 spiro atoms. The molecule has 0 saturated heterocycles. The van der Waals surface area contributed by atoms with E-state index >= 15 is 0 Å². The van der Waals surface area contributed by atoms with Crippen molar-refractivity contribution in [2.24, 2.45) is 7.05 Å². The summed E-state index contributed by atoms with van der Waals surface area (Å²) in [5, 5.41) is 1.60. The Morgan fingerprint density at radius 1 is 1.00 bits per heavy atom. The highest BCUT2D eigenvalue weighted by molar-refractivity contribution is 6.14. The number of nitrogens with zero attached hydrogens (tertiary/aromatic N) is 2. The van der Waals surface area contributed by atoms with Gasteiger partial charge in [0.1, 0.15) is 24.0 Å². The number of pyridine rings is 1. The molecule has 0 aliphatic heterocycles. The third-order valence-corrected chi connectivity index (χ3v) is 5.67. The predicted molar refractivity (Wildman–Crippen MR) is 121 cm³/mol. The van der Waals surface area contributed by atoms with Gasteiger partial charge in [0.25, 0.3) is 0 Å². The minimum atomic E-state index is -2.56. The van der Waals surface area contributed by atoms with E-state index < -0.39 is 12.7 Å². The van der Waals surface area contributed by atoms with Crippen molar-refractivity contribution in [3.05, 3.63) is 95.2 Å². The molecular formula is C27H20FN2O+. The van der Waals surface area contributed by atoms with Gasteiger partial charge in [-0.25, -0.2) is 13.8 Å². The highest BCUT2D eigenvalue weighted by Crippen LogP contribution is 2.44. The number of furan rings is 1. The summed E-state index contributed by atoms with van der Waals surface area (Å²) >= 11 is 0. The van der Waals surface area contributed by atoms with Crippen LogP contribution in [0.5, 0.6) is 0 Å². The van der Waals surface area contributed by atoms with Gasteiger partial charge in [-0.3, -0.25) is 0 Å². The molecule has 2 heterocycles. The zero-order chi connectivity index (χ0) is 24.2. The van der Waals surface area contributed by atoms with Gasteiger partial charge in [0.15, 0.2) is 6.20 Å². The van der Waals surface area contributed by atoms with Gasteiger partial charge >= 0.3 is 0 Å². The second-order valence-electron chi connectivity index (χ2n) is 7.58. The Morgan fingerprint density at radius 2 is 1.74 bits per heavy atom. The van der Waals surface area contributed by atoms with Crippen molar-refractivity contribution in [3.8, 4) is 22.4 Å². The summed E-state index contributed by atoms with van der Waals surface area (Å²) in [5.74, 6) is -0.797. The minimum Gasteiger partial charge on any atom is -0.466 e. The van der Waals surface area contributed by atoms with Gasteiger partial charge in [-0.05, 0) is 30.5 Å². The van der Waals surface area contributed by atoms with Gasteiger partial charge in [0.05, 0.1) is 12.1 Å². The molecular weight excluding hydrogens is 387 g/mol. The number of benzene rings is 3. The molecule has 0 amide bonds. The summed E-state index contributed by atoms with van der Waals surface area (Å²) in [6, 6.07) is 18.6. The largest absolute Gasteiger partial charge is 0.466 e. The maximum absolute atomic E-state index is 14.9. The lowest BCUT2D eigenvalue weighted by Gasteiger charge is -2.06. The molecule has 5 aromatic rings. The van der Waals surface area contributed by atoms with Gasteiger partial charge in [-0.15, -0.1) is 0 Å². The van der Waals surface area contributed by atoms with E-state index in [1.807, 2.05) is 61.5 Å². The summed E-state index contributed by atoms with van der Waals surface area (Å²) in [6.45, 7) is 7.19. The number of fused-ring (bicyclic) bond motifs is 3. The quantitative estimate of drug-likeness (QED) is 0.226. The van der Waals surface area contributed by atoms with Crippen LogP contribution in [0.3, 0.4) is 0 Å². The summed E-state index contributed by atoms with van der Waals surface area (Å²) in [4.78, 5) is 3.79. The Balaban J connectivity index is 1.83. The van der Waals surface area contributed by atoms with Gasteiger partial charge in [-0.2, -0.15) is 0 Å². The van der Waals surface area contributed by atoms with Crippen LogP contribution in [0.4, 0.5) is 10.1 Å². The molecule has 2 aromatic heterocycles. The summed E-state index contributed by atoms with van der Waals surface area (Å²) < 4.78 is 45.6. The van der Waals surface area contributed by atoms with Gasteiger partial charge in [0, 0.05) is 26.5 Å². The fraction of sp³-hybridized carbons (Fsp3) is 0.111. The van der Waals surface area contributed by atoms with Crippen LogP contribution in [-0.4, -0.2) is 0 Å². The van der Waals surface area contributed by atoms with Crippen LogP contribution in [0, 0.1) is 26.2 Å². The van der Waals surface area contributed by atoms with Crippen molar-refractivity contribution in [1.29, 1.82) is 0 Å².